The normalized spacial score (nSPS) is 20.3. The standard InChI is InChI=1S/C37H42ClN5O6S/c1-24-9-7-12-31(38)37(24,5)50(47,48)43-14-13-27-29(21-39-34(45)33(27)43)28-20-32(44)40(6)23-30(28)26-11-8-10-25(19-26)22-41-15-17-42(18-16-41)35(46)49-36(2,3)4/h7-14,19-21,23,31H,15-18,22H2,1-6H3,(H,39,45). The number of aromatic amines is 1. The molecule has 6 rings (SSSR count). The van der Waals surface area contributed by atoms with Gasteiger partial charge in [-0.15, -0.1) is 11.6 Å². The number of nitrogens with one attached hydrogen (secondary N) is 1. The highest BCUT2D eigenvalue weighted by Crippen LogP contribution is 2.40. The summed E-state index contributed by atoms with van der Waals surface area (Å²) in [6.07, 6.45) is 9.41. The molecule has 1 fully saturated rings. The summed E-state index contributed by atoms with van der Waals surface area (Å²) >= 11 is 6.61. The Hall–Kier alpha value is -4.39. The molecule has 2 atom stereocenters. The lowest BCUT2D eigenvalue weighted by molar-refractivity contribution is 0.0139. The number of hydrogen-bond acceptors (Lipinski definition) is 7. The Balaban J connectivity index is 1.36. The second-order valence-corrected chi connectivity index (χ2v) is 16.8. The van der Waals surface area contributed by atoms with Crippen molar-refractivity contribution in [3.05, 3.63) is 105 Å². The lowest BCUT2D eigenvalue weighted by Crippen LogP contribution is -2.49. The third kappa shape index (κ3) is 6.36. The molecule has 4 aromatic rings. The van der Waals surface area contributed by atoms with Crippen molar-refractivity contribution < 1.29 is 17.9 Å². The molecule has 1 aliphatic carbocycles. The molecule has 1 amide bonds. The zero-order valence-electron chi connectivity index (χ0n) is 29.1. The first-order valence-electron chi connectivity index (χ1n) is 16.5. The van der Waals surface area contributed by atoms with Gasteiger partial charge in [0.1, 0.15) is 15.9 Å². The van der Waals surface area contributed by atoms with Crippen molar-refractivity contribution in [3.8, 4) is 22.3 Å². The molecule has 264 valence electrons. The zero-order chi connectivity index (χ0) is 36.2. The highest BCUT2D eigenvalue weighted by atomic mass is 35.5. The molecule has 0 saturated carbocycles. The molecule has 0 bridgehead atoms. The van der Waals surface area contributed by atoms with Gasteiger partial charge < -0.3 is 19.2 Å². The van der Waals surface area contributed by atoms with Gasteiger partial charge in [0.25, 0.3) is 11.1 Å². The number of fused-ring (bicyclic) bond motifs is 1. The molecule has 2 aliphatic rings. The molecule has 11 nitrogen and oxygen atoms in total. The lowest BCUT2D eigenvalue weighted by atomic mass is 9.93. The van der Waals surface area contributed by atoms with Gasteiger partial charge in [0.05, 0.1) is 5.38 Å². The Morgan fingerprint density at radius 1 is 1.06 bits per heavy atom. The maximum atomic E-state index is 14.3. The number of H-pyrrole nitrogens is 1. The van der Waals surface area contributed by atoms with Crippen molar-refractivity contribution >= 4 is 38.6 Å². The second-order valence-electron chi connectivity index (χ2n) is 14.1. The van der Waals surface area contributed by atoms with E-state index in [0.29, 0.717) is 54.8 Å². The smallest absolute Gasteiger partial charge is 0.410 e. The number of benzene rings is 1. The Kier molecular flexibility index (Phi) is 9.25. The Morgan fingerprint density at radius 3 is 2.46 bits per heavy atom. The quantitative estimate of drug-likeness (QED) is 0.262. The first kappa shape index (κ1) is 35.4. The number of allylic oxidation sites excluding steroid dienone is 3. The van der Waals surface area contributed by atoms with Crippen molar-refractivity contribution in [2.75, 3.05) is 26.2 Å². The third-order valence-corrected chi connectivity index (χ3v) is 12.8. The minimum atomic E-state index is -4.23. The molecule has 1 aromatic carbocycles. The highest BCUT2D eigenvalue weighted by molar-refractivity contribution is 7.91. The first-order chi connectivity index (χ1) is 23.5. The van der Waals surface area contributed by atoms with Gasteiger partial charge in [-0.05, 0) is 69.0 Å². The molecule has 13 heteroatoms. The number of piperazine rings is 1. The van der Waals surface area contributed by atoms with Gasteiger partial charge in [-0.3, -0.25) is 14.5 Å². The molecule has 0 spiro atoms. The van der Waals surface area contributed by atoms with Crippen LogP contribution in [0.25, 0.3) is 33.2 Å². The first-order valence-corrected chi connectivity index (χ1v) is 18.4. The Labute approximate surface area is 296 Å². The molecule has 3 aromatic heterocycles. The van der Waals surface area contributed by atoms with Crippen LogP contribution < -0.4 is 11.1 Å². The molecule has 50 heavy (non-hydrogen) atoms. The van der Waals surface area contributed by atoms with Crippen molar-refractivity contribution in [2.24, 2.45) is 7.05 Å². The highest BCUT2D eigenvalue weighted by Gasteiger charge is 2.48. The number of aromatic nitrogens is 3. The molecular weight excluding hydrogens is 678 g/mol. The van der Waals surface area contributed by atoms with Crippen LogP contribution in [-0.2, 0) is 28.4 Å². The van der Waals surface area contributed by atoms with Gasteiger partial charge in [-0.2, -0.15) is 0 Å². The minimum absolute atomic E-state index is 0.0548. The average molecular weight is 720 g/mol. The van der Waals surface area contributed by atoms with E-state index in [1.807, 2.05) is 39.0 Å². The predicted molar refractivity (Wildman–Crippen MR) is 197 cm³/mol. The fourth-order valence-corrected chi connectivity index (χ4v) is 9.05. The number of ether oxygens (including phenoxy) is 1. The summed E-state index contributed by atoms with van der Waals surface area (Å²) in [6.45, 7) is 12.0. The number of nitrogens with zero attached hydrogens (tertiary/aromatic N) is 4. The van der Waals surface area contributed by atoms with Crippen LogP contribution in [0.15, 0.2) is 88.4 Å². The number of hydrogen-bond donors (Lipinski definition) is 1. The van der Waals surface area contributed by atoms with Crippen molar-refractivity contribution in [2.45, 2.75) is 56.9 Å². The zero-order valence-corrected chi connectivity index (χ0v) is 30.6. The van der Waals surface area contributed by atoms with Gasteiger partial charge >= 0.3 is 6.09 Å². The molecular formula is C37H42ClN5O6S. The molecule has 1 N–H and O–H groups in total. The number of rotatable bonds is 6. The molecule has 4 heterocycles. The van der Waals surface area contributed by atoms with Gasteiger partial charge in [-0.1, -0.05) is 36.4 Å². The Morgan fingerprint density at radius 2 is 1.78 bits per heavy atom. The minimum Gasteiger partial charge on any atom is -0.444 e. The fraction of sp³-hybridized carbons (Fsp3) is 0.378. The van der Waals surface area contributed by atoms with E-state index in [9.17, 15) is 22.8 Å². The van der Waals surface area contributed by atoms with Crippen LogP contribution in [0.2, 0.25) is 0 Å². The monoisotopic (exact) mass is 719 g/mol. The number of alkyl halides is 1. The fourth-order valence-electron chi connectivity index (χ4n) is 6.57. The summed E-state index contributed by atoms with van der Waals surface area (Å²) in [5.74, 6) is 0. The summed E-state index contributed by atoms with van der Waals surface area (Å²) < 4.78 is 35.1. The summed E-state index contributed by atoms with van der Waals surface area (Å²) in [7, 11) is -2.56. The van der Waals surface area contributed by atoms with Crippen molar-refractivity contribution in [1.82, 2.24) is 23.3 Å². The third-order valence-electron chi connectivity index (χ3n) is 9.62. The predicted octanol–water partition coefficient (Wildman–Crippen LogP) is 5.48. The van der Waals surface area contributed by atoms with Crippen LogP contribution in [0.1, 0.15) is 40.2 Å². The van der Waals surface area contributed by atoms with E-state index >= 15 is 0 Å². The molecule has 1 aliphatic heterocycles. The van der Waals surface area contributed by atoms with E-state index in [1.54, 1.807) is 56.3 Å². The number of carbonyl (C=O) groups is 1. The largest absolute Gasteiger partial charge is 0.444 e. The summed E-state index contributed by atoms with van der Waals surface area (Å²) in [5.41, 5.74) is 2.78. The van der Waals surface area contributed by atoms with Crippen LogP contribution in [0.5, 0.6) is 0 Å². The number of pyridine rings is 2. The maximum absolute atomic E-state index is 14.3. The van der Waals surface area contributed by atoms with Crippen molar-refractivity contribution in [3.63, 3.8) is 0 Å². The summed E-state index contributed by atoms with van der Waals surface area (Å²) in [6, 6.07) is 11.1. The second kappa shape index (κ2) is 13.1. The topological polar surface area (TPSA) is 127 Å². The average Bonchev–Trinajstić information content (AvgIpc) is 3.52. The number of carbonyl (C=O) groups excluding carboxylic acids is 1. The Bertz CT molecular complexity index is 2270. The van der Waals surface area contributed by atoms with Crippen LogP contribution in [0, 0.1) is 0 Å². The van der Waals surface area contributed by atoms with Crippen molar-refractivity contribution in [1.29, 1.82) is 0 Å². The molecule has 1 saturated heterocycles. The van der Waals surface area contributed by atoms with E-state index in [1.165, 1.54) is 23.0 Å². The maximum Gasteiger partial charge on any atom is 0.410 e. The van der Waals surface area contributed by atoms with Crippen LogP contribution in [0.4, 0.5) is 4.79 Å². The molecule has 2 unspecified atom stereocenters. The van der Waals surface area contributed by atoms with E-state index in [-0.39, 0.29) is 17.2 Å². The summed E-state index contributed by atoms with van der Waals surface area (Å²) in [5, 5.41) is -0.476. The van der Waals surface area contributed by atoms with Gasteiger partial charge in [0.15, 0.2) is 0 Å². The van der Waals surface area contributed by atoms with Gasteiger partial charge in [-0.25, -0.2) is 17.2 Å². The SMILES string of the molecule is CC1=CC=CC(Cl)C1(C)S(=O)(=O)n1ccc2c(-c3cc(=O)n(C)cc3-c3cccc(CN4CCN(C(=O)OC(C)(C)C)CC4)c3)c[nH]c(=O)c21. The number of amides is 1. The van der Waals surface area contributed by atoms with Crippen LogP contribution in [-0.4, -0.2) is 79.7 Å². The van der Waals surface area contributed by atoms with Crippen LogP contribution >= 0.6 is 11.6 Å². The van der Waals surface area contributed by atoms with Gasteiger partial charge in [0, 0.05) is 80.9 Å². The number of aryl methyl sites for hydroxylation is 1. The van der Waals surface area contributed by atoms with Crippen LogP contribution in [0.3, 0.4) is 0 Å². The van der Waals surface area contributed by atoms with E-state index in [4.69, 9.17) is 16.3 Å². The summed E-state index contributed by atoms with van der Waals surface area (Å²) in [4.78, 5) is 45.7. The van der Waals surface area contributed by atoms with E-state index in [2.05, 4.69) is 16.0 Å². The molecule has 0 radical (unpaired) electrons. The van der Waals surface area contributed by atoms with Gasteiger partial charge in [0.2, 0.25) is 10.0 Å². The lowest BCUT2D eigenvalue weighted by Gasteiger charge is -2.35. The van der Waals surface area contributed by atoms with E-state index < -0.39 is 31.3 Å². The number of halogens is 1. The van der Waals surface area contributed by atoms with E-state index in [0.717, 1.165) is 20.7 Å².